The number of anilines is 1. The van der Waals surface area contributed by atoms with Crippen LogP contribution in [-0.4, -0.2) is 0 Å². The van der Waals surface area contributed by atoms with Crippen LogP contribution in [0.1, 0.15) is 27.8 Å². The highest BCUT2D eigenvalue weighted by Crippen LogP contribution is 2.22. The zero-order valence-electron chi connectivity index (χ0n) is 15.2. The maximum Gasteiger partial charge on any atom is 0.124 e. The topological polar surface area (TPSA) is 21.3 Å². The smallest absolute Gasteiger partial charge is 0.124 e. The van der Waals surface area contributed by atoms with Gasteiger partial charge in [-0.1, -0.05) is 65.7 Å². The molecule has 3 rings (SSSR count). The van der Waals surface area contributed by atoms with Crippen molar-refractivity contribution in [3.63, 3.8) is 0 Å². The Labute approximate surface area is 150 Å². The Morgan fingerprint density at radius 1 is 0.800 bits per heavy atom. The van der Waals surface area contributed by atoms with Crippen molar-refractivity contribution in [3.8, 4) is 5.75 Å². The van der Waals surface area contributed by atoms with E-state index in [-0.39, 0.29) is 0 Å². The molecule has 25 heavy (non-hydrogen) atoms. The number of benzene rings is 3. The van der Waals surface area contributed by atoms with Crippen molar-refractivity contribution in [2.45, 2.75) is 33.9 Å². The Kier molecular flexibility index (Phi) is 5.39. The van der Waals surface area contributed by atoms with Gasteiger partial charge in [-0.3, -0.25) is 0 Å². The van der Waals surface area contributed by atoms with Crippen LogP contribution in [0.5, 0.6) is 5.75 Å². The maximum atomic E-state index is 6.06. The molecule has 3 aromatic rings. The summed E-state index contributed by atoms with van der Waals surface area (Å²) in [5, 5.41) is 3.52. The summed E-state index contributed by atoms with van der Waals surface area (Å²) < 4.78 is 6.06. The van der Waals surface area contributed by atoms with Crippen LogP contribution in [-0.2, 0) is 13.2 Å². The summed E-state index contributed by atoms with van der Waals surface area (Å²) in [6, 6.07) is 23.2. The van der Waals surface area contributed by atoms with Crippen molar-refractivity contribution < 1.29 is 4.74 Å². The Balaban J connectivity index is 1.67. The average molecular weight is 331 g/mol. The number of para-hydroxylation sites is 1. The molecule has 0 radical (unpaired) electrons. The fourth-order valence-corrected chi connectivity index (χ4v) is 2.84. The molecule has 0 amide bonds. The number of rotatable bonds is 6. The molecule has 0 aromatic heterocycles. The summed E-state index contributed by atoms with van der Waals surface area (Å²) in [5.74, 6) is 0.931. The van der Waals surface area contributed by atoms with E-state index in [0.717, 1.165) is 17.9 Å². The second kappa shape index (κ2) is 7.89. The monoisotopic (exact) mass is 331 g/mol. The average Bonchev–Trinajstić information content (AvgIpc) is 2.61. The fourth-order valence-electron chi connectivity index (χ4n) is 2.84. The molecule has 0 heterocycles. The van der Waals surface area contributed by atoms with Gasteiger partial charge in [-0.25, -0.2) is 0 Å². The standard InChI is InChI=1S/C23H25NO/c1-17-8-11-20(12-9-17)16-25-23-7-5-4-6-21(23)15-24-22-13-10-18(2)14-19(22)3/h4-14,24H,15-16H2,1-3H3. The van der Waals surface area contributed by atoms with Crippen LogP contribution in [0.3, 0.4) is 0 Å². The van der Waals surface area contributed by atoms with E-state index < -0.39 is 0 Å². The van der Waals surface area contributed by atoms with E-state index in [1.807, 2.05) is 12.1 Å². The van der Waals surface area contributed by atoms with E-state index in [4.69, 9.17) is 4.74 Å². The van der Waals surface area contributed by atoms with E-state index in [1.165, 1.54) is 27.9 Å². The van der Waals surface area contributed by atoms with Gasteiger partial charge in [-0.15, -0.1) is 0 Å². The van der Waals surface area contributed by atoms with Crippen molar-refractivity contribution in [3.05, 3.63) is 94.5 Å². The molecule has 3 aromatic carbocycles. The molecule has 0 spiro atoms. The molecule has 0 bridgehead atoms. The SMILES string of the molecule is Cc1ccc(COc2ccccc2CNc2ccc(C)cc2C)cc1. The first-order chi connectivity index (χ1) is 12.1. The van der Waals surface area contributed by atoms with Crippen LogP contribution < -0.4 is 10.1 Å². The third kappa shape index (κ3) is 4.63. The van der Waals surface area contributed by atoms with Crippen LogP contribution in [0.2, 0.25) is 0 Å². The first kappa shape index (κ1) is 17.1. The van der Waals surface area contributed by atoms with Crippen molar-refractivity contribution in [2.24, 2.45) is 0 Å². The second-order valence-corrected chi connectivity index (χ2v) is 6.55. The lowest BCUT2D eigenvalue weighted by Gasteiger charge is -2.14. The predicted molar refractivity (Wildman–Crippen MR) is 105 cm³/mol. The Morgan fingerprint density at radius 3 is 2.28 bits per heavy atom. The Bertz CT molecular complexity index is 837. The molecule has 0 unspecified atom stereocenters. The normalized spacial score (nSPS) is 10.5. The summed E-state index contributed by atoms with van der Waals surface area (Å²) in [5.41, 5.74) is 7.32. The number of aryl methyl sites for hydroxylation is 3. The fraction of sp³-hybridized carbons (Fsp3) is 0.217. The maximum absolute atomic E-state index is 6.06. The summed E-state index contributed by atoms with van der Waals surface area (Å²) >= 11 is 0. The first-order valence-electron chi connectivity index (χ1n) is 8.69. The third-order valence-electron chi connectivity index (χ3n) is 4.34. The molecule has 0 aliphatic carbocycles. The van der Waals surface area contributed by atoms with Gasteiger partial charge in [0.1, 0.15) is 12.4 Å². The van der Waals surface area contributed by atoms with Gasteiger partial charge >= 0.3 is 0 Å². The molecule has 2 heteroatoms. The van der Waals surface area contributed by atoms with Crippen LogP contribution >= 0.6 is 0 Å². The number of hydrogen-bond donors (Lipinski definition) is 1. The highest BCUT2D eigenvalue weighted by molar-refractivity contribution is 5.52. The molecule has 0 fully saturated rings. The molecule has 128 valence electrons. The lowest BCUT2D eigenvalue weighted by molar-refractivity contribution is 0.303. The largest absolute Gasteiger partial charge is 0.489 e. The van der Waals surface area contributed by atoms with Gasteiger partial charge in [-0.05, 0) is 44.0 Å². The van der Waals surface area contributed by atoms with Crippen LogP contribution in [0.4, 0.5) is 5.69 Å². The summed E-state index contributed by atoms with van der Waals surface area (Å²) in [4.78, 5) is 0. The van der Waals surface area contributed by atoms with Gasteiger partial charge in [0.2, 0.25) is 0 Å². The van der Waals surface area contributed by atoms with Gasteiger partial charge in [0.25, 0.3) is 0 Å². The van der Waals surface area contributed by atoms with Gasteiger partial charge in [-0.2, -0.15) is 0 Å². The molecular formula is C23H25NO. The zero-order valence-corrected chi connectivity index (χ0v) is 15.2. The van der Waals surface area contributed by atoms with Gasteiger partial charge in [0.15, 0.2) is 0 Å². The van der Waals surface area contributed by atoms with E-state index in [9.17, 15) is 0 Å². The molecule has 0 atom stereocenters. The number of hydrogen-bond acceptors (Lipinski definition) is 2. The molecule has 0 saturated carbocycles. The minimum absolute atomic E-state index is 0.584. The molecular weight excluding hydrogens is 306 g/mol. The van der Waals surface area contributed by atoms with Gasteiger partial charge < -0.3 is 10.1 Å². The van der Waals surface area contributed by atoms with Crippen LogP contribution in [0.15, 0.2) is 66.7 Å². The summed E-state index contributed by atoms with van der Waals surface area (Å²) in [6.45, 7) is 7.67. The molecule has 2 nitrogen and oxygen atoms in total. The Morgan fingerprint density at radius 2 is 1.52 bits per heavy atom. The quantitative estimate of drug-likeness (QED) is 0.616. The highest BCUT2D eigenvalue weighted by Gasteiger charge is 2.05. The number of ether oxygens (including phenoxy) is 1. The summed E-state index contributed by atoms with van der Waals surface area (Å²) in [7, 11) is 0. The van der Waals surface area contributed by atoms with Crippen molar-refractivity contribution in [1.29, 1.82) is 0 Å². The van der Waals surface area contributed by atoms with Crippen molar-refractivity contribution in [2.75, 3.05) is 5.32 Å². The molecule has 0 saturated heterocycles. The lowest BCUT2D eigenvalue weighted by Crippen LogP contribution is -2.04. The predicted octanol–water partition coefficient (Wildman–Crippen LogP) is 5.80. The van der Waals surface area contributed by atoms with E-state index in [1.54, 1.807) is 0 Å². The highest BCUT2D eigenvalue weighted by atomic mass is 16.5. The lowest BCUT2D eigenvalue weighted by atomic mass is 10.1. The minimum atomic E-state index is 0.584. The molecule has 1 N–H and O–H groups in total. The van der Waals surface area contributed by atoms with Crippen molar-refractivity contribution in [1.82, 2.24) is 0 Å². The van der Waals surface area contributed by atoms with Gasteiger partial charge in [0, 0.05) is 17.8 Å². The van der Waals surface area contributed by atoms with E-state index in [2.05, 4.69) is 80.7 Å². The van der Waals surface area contributed by atoms with Crippen LogP contribution in [0, 0.1) is 20.8 Å². The minimum Gasteiger partial charge on any atom is -0.489 e. The van der Waals surface area contributed by atoms with E-state index >= 15 is 0 Å². The second-order valence-electron chi connectivity index (χ2n) is 6.55. The van der Waals surface area contributed by atoms with Gasteiger partial charge in [0.05, 0.1) is 0 Å². The first-order valence-corrected chi connectivity index (χ1v) is 8.69. The zero-order chi connectivity index (χ0) is 17.6. The van der Waals surface area contributed by atoms with E-state index in [0.29, 0.717) is 6.61 Å². The third-order valence-corrected chi connectivity index (χ3v) is 4.34. The van der Waals surface area contributed by atoms with Crippen molar-refractivity contribution >= 4 is 5.69 Å². The number of nitrogens with one attached hydrogen (secondary N) is 1. The molecule has 0 aliphatic rings. The summed E-state index contributed by atoms with van der Waals surface area (Å²) in [6.07, 6.45) is 0. The Hall–Kier alpha value is -2.74. The molecule has 0 aliphatic heterocycles. The van der Waals surface area contributed by atoms with Crippen LogP contribution in [0.25, 0.3) is 0 Å².